The van der Waals surface area contributed by atoms with Crippen molar-refractivity contribution in [3.05, 3.63) is 47.2 Å². The molecule has 0 aliphatic carbocycles. The van der Waals surface area contributed by atoms with Gasteiger partial charge in [0.2, 0.25) is 0 Å². The lowest BCUT2D eigenvalue weighted by Gasteiger charge is -2.08. The first-order valence-corrected chi connectivity index (χ1v) is 8.10. The van der Waals surface area contributed by atoms with Crippen LogP contribution in [-0.2, 0) is 23.5 Å². The lowest BCUT2D eigenvalue weighted by atomic mass is 10.1. The van der Waals surface area contributed by atoms with Crippen molar-refractivity contribution in [3.8, 4) is 0 Å². The van der Waals surface area contributed by atoms with Gasteiger partial charge in [-0.05, 0) is 31.0 Å². The summed E-state index contributed by atoms with van der Waals surface area (Å²) in [6, 6.07) is 6.34. The van der Waals surface area contributed by atoms with Gasteiger partial charge in [0.25, 0.3) is 10.0 Å². The predicted molar refractivity (Wildman–Crippen MR) is 80.2 cm³/mol. The van der Waals surface area contributed by atoms with E-state index in [-0.39, 0.29) is 17.1 Å². The molecule has 0 aliphatic heterocycles. The summed E-state index contributed by atoms with van der Waals surface area (Å²) in [6.07, 6.45) is 1.97. The Labute approximate surface area is 128 Å². The van der Waals surface area contributed by atoms with E-state index in [9.17, 15) is 13.2 Å². The van der Waals surface area contributed by atoms with Crippen LogP contribution in [0.5, 0.6) is 0 Å². The minimum Gasteiger partial charge on any atom is -0.478 e. The van der Waals surface area contributed by atoms with Crippen LogP contribution in [0.25, 0.3) is 0 Å². The Morgan fingerprint density at radius 2 is 1.95 bits per heavy atom. The third kappa shape index (κ3) is 3.52. The molecule has 1 aromatic heterocycles. The average molecular weight is 323 g/mol. The second kappa shape index (κ2) is 6.29. The van der Waals surface area contributed by atoms with Crippen molar-refractivity contribution >= 4 is 16.0 Å². The van der Waals surface area contributed by atoms with Crippen molar-refractivity contribution in [1.82, 2.24) is 14.5 Å². The number of carboxylic acids is 1. The third-order valence-electron chi connectivity index (χ3n) is 3.22. The number of carboxylic acid groups (broad SMARTS) is 1. The molecule has 2 rings (SSSR count). The van der Waals surface area contributed by atoms with Crippen LogP contribution in [0.1, 0.15) is 21.5 Å². The number of hydrogen-bond acceptors (Lipinski definition) is 4. The quantitative estimate of drug-likeness (QED) is 0.824. The lowest BCUT2D eigenvalue weighted by Crippen LogP contribution is -2.28. The van der Waals surface area contributed by atoms with Gasteiger partial charge in [-0.2, -0.15) is 5.10 Å². The van der Waals surface area contributed by atoms with Crippen LogP contribution >= 0.6 is 0 Å². The summed E-state index contributed by atoms with van der Waals surface area (Å²) in [6.45, 7) is 1.91. The number of nitrogens with zero attached hydrogens (tertiary/aromatic N) is 2. The van der Waals surface area contributed by atoms with Crippen molar-refractivity contribution in [1.29, 1.82) is 0 Å². The molecule has 0 unspecified atom stereocenters. The summed E-state index contributed by atoms with van der Waals surface area (Å²) in [4.78, 5) is 10.8. The molecule has 22 heavy (non-hydrogen) atoms. The molecule has 0 amide bonds. The molecule has 0 saturated carbocycles. The van der Waals surface area contributed by atoms with Crippen LogP contribution in [0.3, 0.4) is 0 Å². The standard InChI is InChI=1S/C14H17N3O4S/c1-10-9-15-17(2)13(10)22(20,21)16-8-7-11-3-5-12(6-4-11)14(18)19/h3-6,9,16H,7-8H2,1-2H3,(H,18,19). The second-order valence-electron chi connectivity index (χ2n) is 4.91. The van der Waals surface area contributed by atoms with E-state index in [1.165, 1.54) is 23.0 Å². The van der Waals surface area contributed by atoms with E-state index < -0.39 is 16.0 Å². The van der Waals surface area contributed by atoms with Gasteiger partial charge in [0.1, 0.15) is 0 Å². The maximum absolute atomic E-state index is 12.2. The van der Waals surface area contributed by atoms with E-state index in [0.29, 0.717) is 12.0 Å². The smallest absolute Gasteiger partial charge is 0.335 e. The van der Waals surface area contributed by atoms with Gasteiger partial charge in [-0.1, -0.05) is 12.1 Å². The maximum atomic E-state index is 12.2. The average Bonchev–Trinajstić information content (AvgIpc) is 2.79. The first-order valence-electron chi connectivity index (χ1n) is 6.62. The zero-order valence-electron chi connectivity index (χ0n) is 12.3. The number of carbonyl (C=O) groups is 1. The van der Waals surface area contributed by atoms with Gasteiger partial charge in [-0.15, -0.1) is 0 Å². The van der Waals surface area contributed by atoms with Gasteiger partial charge in [0.05, 0.1) is 11.8 Å². The van der Waals surface area contributed by atoms with Gasteiger partial charge in [0.15, 0.2) is 5.03 Å². The van der Waals surface area contributed by atoms with Crippen LogP contribution < -0.4 is 4.72 Å². The molecule has 0 radical (unpaired) electrons. The number of benzene rings is 1. The summed E-state index contributed by atoms with van der Waals surface area (Å²) in [5, 5.41) is 12.9. The number of nitrogens with one attached hydrogen (secondary N) is 1. The predicted octanol–water partition coefficient (Wildman–Crippen LogP) is 0.948. The van der Waals surface area contributed by atoms with E-state index in [1.807, 2.05) is 0 Å². The van der Waals surface area contributed by atoms with E-state index in [1.54, 1.807) is 26.1 Å². The zero-order chi connectivity index (χ0) is 16.3. The fourth-order valence-electron chi connectivity index (χ4n) is 2.13. The molecule has 0 atom stereocenters. The topological polar surface area (TPSA) is 101 Å². The molecular weight excluding hydrogens is 306 g/mol. The van der Waals surface area contributed by atoms with Gasteiger partial charge in [-0.25, -0.2) is 17.9 Å². The number of hydrogen-bond donors (Lipinski definition) is 2. The lowest BCUT2D eigenvalue weighted by molar-refractivity contribution is 0.0697. The van der Waals surface area contributed by atoms with E-state index in [2.05, 4.69) is 9.82 Å². The molecule has 2 aromatic rings. The highest BCUT2D eigenvalue weighted by atomic mass is 32.2. The maximum Gasteiger partial charge on any atom is 0.335 e. The first-order chi connectivity index (χ1) is 10.3. The molecule has 2 N–H and O–H groups in total. The summed E-state index contributed by atoms with van der Waals surface area (Å²) < 4.78 is 28.3. The van der Waals surface area contributed by atoms with Crippen molar-refractivity contribution < 1.29 is 18.3 Å². The van der Waals surface area contributed by atoms with Gasteiger partial charge < -0.3 is 5.11 Å². The number of aromatic nitrogens is 2. The van der Waals surface area contributed by atoms with Gasteiger partial charge >= 0.3 is 5.97 Å². The highest BCUT2D eigenvalue weighted by Gasteiger charge is 2.20. The molecule has 0 spiro atoms. The Bertz CT molecular complexity index is 759. The van der Waals surface area contributed by atoms with Crippen molar-refractivity contribution in [2.45, 2.75) is 18.4 Å². The van der Waals surface area contributed by atoms with Crippen molar-refractivity contribution in [2.75, 3.05) is 6.54 Å². The Hall–Kier alpha value is -2.19. The van der Waals surface area contributed by atoms with Crippen LogP contribution in [0, 0.1) is 6.92 Å². The Kier molecular flexibility index (Phi) is 4.62. The molecule has 0 bridgehead atoms. The minimum absolute atomic E-state index is 0.147. The summed E-state index contributed by atoms with van der Waals surface area (Å²) in [5.74, 6) is -0.987. The molecule has 7 nitrogen and oxygen atoms in total. The molecular formula is C14H17N3O4S. The molecule has 1 aromatic carbocycles. The summed E-state index contributed by atoms with van der Waals surface area (Å²) in [5.41, 5.74) is 1.64. The molecule has 118 valence electrons. The number of aromatic carboxylic acids is 1. The summed E-state index contributed by atoms with van der Waals surface area (Å²) >= 11 is 0. The number of sulfonamides is 1. The highest BCUT2D eigenvalue weighted by Crippen LogP contribution is 2.13. The molecule has 0 fully saturated rings. The molecule has 0 saturated heterocycles. The zero-order valence-corrected chi connectivity index (χ0v) is 13.1. The van der Waals surface area contributed by atoms with E-state index in [0.717, 1.165) is 5.56 Å². The Morgan fingerprint density at radius 1 is 1.32 bits per heavy atom. The molecule has 1 heterocycles. The van der Waals surface area contributed by atoms with Crippen molar-refractivity contribution in [3.63, 3.8) is 0 Å². The van der Waals surface area contributed by atoms with Gasteiger partial charge in [-0.3, -0.25) is 4.68 Å². The van der Waals surface area contributed by atoms with E-state index in [4.69, 9.17) is 5.11 Å². The highest BCUT2D eigenvalue weighted by molar-refractivity contribution is 7.89. The van der Waals surface area contributed by atoms with Crippen molar-refractivity contribution in [2.24, 2.45) is 7.05 Å². The Morgan fingerprint density at radius 3 is 2.45 bits per heavy atom. The van der Waals surface area contributed by atoms with Crippen LogP contribution in [-0.4, -0.2) is 35.8 Å². The van der Waals surface area contributed by atoms with Crippen LogP contribution in [0.15, 0.2) is 35.5 Å². The van der Waals surface area contributed by atoms with Crippen LogP contribution in [0.4, 0.5) is 0 Å². The molecule has 0 aliphatic rings. The normalized spacial score (nSPS) is 11.5. The minimum atomic E-state index is -3.61. The fraction of sp³-hybridized carbons (Fsp3) is 0.286. The number of aryl methyl sites for hydroxylation is 2. The molecule has 8 heteroatoms. The fourth-order valence-corrected chi connectivity index (χ4v) is 3.51. The van der Waals surface area contributed by atoms with Gasteiger partial charge in [0, 0.05) is 19.2 Å². The van der Waals surface area contributed by atoms with E-state index >= 15 is 0 Å². The summed E-state index contributed by atoms with van der Waals surface area (Å²) in [7, 11) is -2.04. The Balaban J connectivity index is 2.00. The largest absolute Gasteiger partial charge is 0.478 e. The SMILES string of the molecule is Cc1cnn(C)c1S(=O)(=O)NCCc1ccc(C(=O)O)cc1. The van der Waals surface area contributed by atoms with Crippen LogP contribution in [0.2, 0.25) is 0 Å². The monoisotopic (exact) mass is 323 g/mol. The third-order valence-corrected chi connectivity index (χ3v) is 4.90. The number of rotatable bonds is 6. The first kappa shape index (κ1) is 16.2. The second-order valence-corrected chi connectivity index (χ2v) is 6.59.